The van der Waals surface area contributed by atoms with Crippen LogP contribution in [-0.2, 0) is 29.0 Å². The number of esters is 1. The Balaban J connectivity index is 1.69. The van der Waals surface area contributed by atoms with Crippen LogP contribution in [0.25, 0.3) is 0 Å². The maximum Gasteiger partial charge on any atom is 0.339 e. The Kier molecular flexibility index (Phi) is 7.85. The molecule has 1 aliphatic heterocycles. The van der Waals surface area contributed by atoms with Crippen LogP contribution in [0.2, 0.25) is 0 Å². The van der Waals surface area contributed by atoms with E-state index in [-0.39, 0.29) is 23.7 Å². The molecule has 32 heavy (non-hydrogen) atoms. The third-order valence-electron chi connectivity index (χ3n) is 6.31. The van der Waals surface area contributed by atoms with E-state index < -0.39 is 5.97 Å². The summed E-state index contributed by atoms with van der Waals surface area (Å²) in [5.74, 6) is -0.983. The van der Waals surface area contributed by atoms with Crippen molar-refractivity contribution in [1.82, 2.24) is 15.2 Å². The van der Waals surface area contributed by atoms with Gasteiger partial charge in [0, 0.05) is 31.7 Å². The van der Waals surface area contributed by atoms with Gasteiger partial charge in [-0.3, -0.25) is 14.5 Å². The highest BCUT2D eigenvalue weighted by Gasteiger charge is 2.24. The average molecular weight is 440 g/mol. The van der Waals surface area contributed by atoms with E-state index >= 15 is 0 Å². The summed E-state index contributed by atoms with van der Waals surface area (Å²) in [7, 11) is 1.28. The number of benzene rings is 1. The van der Waals surface area contributed by atoms with Gasteiger partial charge in [0.2, 0.25) is 5.91 Å². The fourth-order valence-corrected chi connectivity index (χ4v) is 4.43. The molecule has 1 unspecified atom stereocenters. The molecule has 2 heterocycles. The van der Waals surface area contributed by atoms with Crippen molar-refractivity contribution in [2.45, 2.75) is 65.6 Å². The van der Waals surface area contributed by atoms with Crippen LogP contribution in [0.4, 0.5) is 0 Å². The molecule has 0 bridgehead atoms. The van der Waals surface area contributed by atoms with E-state index in [2.05, 4.69) is 28.2 Å². The van der Waals surface area contributed by atoms with Crippen LogP contribution in [-0.4, -0.2) is 47.2 Å². The first-order valence-electron chi connectivity index (χ1n) is 11.2. The number of nitrogens with zero attached hydrogens (tertiary/aromatic N) is 1. The molecule has 1 amide bonds. The van der Waals surface area contributed by atoms with Crippen LogP contribution in [0.3, 0.4) is 0 Å². The minimum absolute atomic E-state index is 0.0378. The zero-order valence-electron chi connectivity index (χ0n) is 19.4. The molecule has 0 saturated carbocycles. The van der Waals surface area contributed by atoms with Gasteiger partial charge >= 0.3 is 5.97 Å². The van der Waals surface area contributed by atoms with E-state index in [0.717, 1.165) is 18.7 Å². The zero-order chi connectivity index (χ0) is 23.3. The Morgan fingerprint density at radius 2 is 1.91 bits per heavy atom. The zero-order valence-corrected chi connectivity index (χ0v) is 19.4. The Morgan fingerprint density at radius 3 is 2.56 bits per heavy atom. The third-order valence-corrected chi connectivity index (χ3v) is 6.31. The smallest absolute Gasteiger partial charge is 0.339 e. The van der Waals surface area contributed by atoms with Gasteiger partial charge in [0.05, 0.1) is 24.8 Å². The number of methoxy groups -OCH3 is 1. The highest BCUT2D eigenvalue weighted by Crippen LogP contribution is 2.22. The van der Waals surface area contributed by atoms with Gasteiger partial charge in [0.15, 0.2) is 5.78 Å². The minimum atomic E-state index is -0.560. The van der Waals surface area contributed by atoms with E-state index in [1.165, 1.54) is 38.9 Å². The Morgan fingerprint density at radius 1 is 1.19 bits per heavy atom. The van der Waals surface area contributed by atoms with E-state index in [4.69, 9.17) is 4.74 Å². The van der Waals surface area contributed by atoms with Crippen molar-refractivity contribution in [2.24, 2.45) is 0 Å². The standard InChI is InChI=1S/C25H33N3O4/c1-16-9-7-8-12-28(16)15-20-11-6-5-10-19(20)14-26-22(30)13-21-23(25(31)32-4)17(2)24(27-21)18(3)29/h5-6,10-11,16,27H,7-9,12-15H2,1-4H3,(H,26,30). The molecule has 172 valence electrons. The molecule has 0 spiro atoms. The second-order valence-corrected chi connectivity index (χ2v) is 8.56. The van der Waals surface area contributed by atoms with Gasteiger partial charge in [0.1, 0.15) is 0 Å². The predicted octanol–water partition coefficient (Wildman–Crippen LogP) is 3.55. The summed E-state index contributed by atoms with van der Waals surface area (Å²) >= 11 is 0. The molecular weight excluding hydrogens is 406 g/mol. The first-order chi connectivity index (χ1) is 15.3. The van der Waals surface area contributed by atoms with Gasteiger partial charge < -0.3 is 15.0 Å². The average Bonchev–Trinajstić information content (AvgIpc) is 3.10. The number of aromatic amines is 1. The Labute approximate surface area is 189 Å². The molecular formula is C25H33N3O4. The van der Waals surface area contributed by atoms with Gasteiger partial charge in [-0.15, -0.1) is 0 Å². The van der Waals surface area contributed by atoms with Crippen molar-refractivity contribution in [3.63, 3.8) is 0 Å². The number of hydrogen-bond acceptors (Lipinski definition) is 5. The number of piperidine rings is 1. The summed E-state index contributed by atoms with van der Waals surface area (Å²) < 4.78 is 4.85. The molecule has 1 aromatic carbocycles. The Bertz CT molecular complexity index is 995. The van der Waals surface area contributed by atoms with E-state index in [1.54, 1.807) is 6.92 Å². The van der Waals surface area contributed by atoms with Gasteiger partial charge in [-0.1, -0.05) is 30.7 Å². The number of likely N-dealkylation sites (tertiary alicyclic amines) is 1. The molecule has 1 fully saturated rings. The summed E-state index contributed by atoms with van der Waals surface area (Å²) in [5, 5.41) is 2.96. The van der Waals surface area contributed by atoms with Gasteiger partial charge in [-0.2, -0.15) is 0 Å². The molecule has 0 radical (unpaired) electrons. The lowest BCUT2D eigenvalue weighted by atomic mass is 10.0. The topological polar surface area (TPSA) is 91.5 Å². The lowest BCUT2D eigenvalue weighted by molar-refractivity contribution is -0.120. The number of ketones is 1. The molecule has 1 saturated heterocycles. The summed E-state index contributed by atoms with van der Waals surface area (Å²) in [5.41, 5.74) is 3.78. The first kappa shape index (κ1) is 23.7. The SMILES string of the molecule is COC(=O)c1c(CC(=O)NCc2ccccc2CN2CCCCC2C)[nH]c(C(C)=O)c1C. The van der Waals surface area contributed by atoms with Crippen molar-refractivity contribution in [2.75, 3.05) is 13.7 Å². The normalized spacial score (nSPS) is 16.6. The highest BCUT2D eigenvalue weighted by molar-refractivity contribution is 6.01. The van der Waals surface area contributed by atoms with Crippen LogP contribution in [0.15, 0.2) is 24.3 Å². The van der Waals surface area contributed by atoms with Crippen molar-refractivity contribution in [3.05, 3.63) is 57.9 Å². The van der Waals surface area contributed by atoms with Crippen LogP contribution >= 0.6 is 0 Å². The van der Waals surface area contributed by atoms with Crippen molar-refractivity contribution < 1.29 is 19.1 Å². The van der Waals surface area contributed by atoms with Crippen LogP contribution < -0.4 is 5.32 Å². The van der Waals surface area contributed by atoms with Crippen LogP contribution in [0.5, 0.6) is 0 Å². The molecule has 2 N–H and O–H groups in total. The summed E-state index contributed by atoms with van der Waals surface area (Å²) in [4.78, 5) is 42.3. The lowest BCUT2D eigenvalue weighted by Crippen LogP contribution is -2.37. The molecule has 1 aromatic heterocycles. The first-order valence-corrected chi connectivity index (χ1v) is 11.2. The van der Waals surface area contributed by atoms with Gasteiger partial charge in [-0.05, 0) is 49.9 Å². The van der Waals surface area contributed by atoms with Crippen LogP contribution in [0, 0.1) is 6.92 Å². The molecule has 0 aliphatic carbocycles. The fraction of sp³-hybridized carbons (Fsp3) is 0.480. The number of carbonyl (C=O) groups is 3. The number of hydrogen-bond donors (Lipinski definition) is 2. The molecule has 3 rings (SSSR count). The predicted molar refractivity (Wildman–Crippen MR) is 123 cm³/mol. The largest absolute Gasteiger partial charge is 0.465 e. The van der Waals surface area contributed by atoms with Crippen molar-refractivity contribution in [1.29, 1.82) is 0 Å². The monoisotopic (exact) mass is 439 g/mol. The maximum atomic E-state index is 12.7. The Hall–Kier alpha value is -2.93. The maximum absolute atomic E-state index is 12.7. The second-order valence-electron chi connectivity index (χ2n) is 8.56. The fourth-order valence-electron chi connectivity index (χ4n) is 4.43. The van der Waals surface area contributed by atoms with E-state index in [1.807, 2.05) is 18.2 Å². The number of H-pyrrole nitrogens is 1. The van der Waals surface area contributed by atoms with Crippen molar-refractivity contribution >= 4 is 17.7 Å². The summed E-state index contributed by atoms with van der Waals surface area (Å²) in [6.07, 6.45) is 3.69. The molecule has 7 nitrogen and oxygen atoms in total. The minimum Gasteiger partial charge on any atom is -0.465 e. The van der Waals surface area contributed by atoms with E-state index in [9.17, 15) is 14.4 Å². The van der Waals surface area contributed by atoms with E-state index in [0.29, 0.717) is 29.5 Å². The highest BCUT2D eigenvalue weighted by atomic mass is 16.5. The number of rotatable bonds is 8. The van der Waals surface area contributed by atoms with Gasteiger partial charge in [0.25, 0.3) is 0 Å². The number of amides is 1. The quantitative estimate of drug-likeness (QED) is 0.485. The number of nitrogens with one attached hydrogen (secondary N) is 2. The number of Topliss-reactive ketones (excluding diaryl/α,β-unsaturated/α-hetero) is 1. The lowest BCUT2D eigenvalue weighted by Gasteiger charge is -2.33. The molecule has 7 heteroatoms. The second kappa shape index (κ2) is 10.6. The van der Waals surface area contributed by atoms with Gasteiger partial charge in [-0.25, -0.2) is 4.79 Å². The molecule has 1 aliphatic rings. The third kappa shape index (κ3) is 5.46. The summed E-state index contributed by atoms with van der Waals surface area (Å²) in [6.45, 7) is 7.75. The number of carbonyl (C=O) groups excluding carboxylic acids is 3. The molecule has 1 atom stereocenters. The molecule has 2 aromatic rings. The number of aromatic nitrogens is 1. The van der Waals surface area contributed by atoms with Crippen molar-refractivity contribution in [3.8, 4) is 0 Å². The van der Waals surface area contributed by atoms with Crippen LogP contribution in [0.1, 0.15) is 76.3 Å². The number of ether oxygens (including phenoxy) is 1. The summed E-state index contributed by atoms with van der Waals surface area (Å²) in [6, 6.07) is 8.73.